The molecule has 90 valence electrons. The molecule has 1 rings (SSSR count). The Balaban J connectivity index is 1.99. The maximum atomic E-state index is 11.2. The van der Waals surface area contributed by atoms with Crippen LogP contribution in [0.4, 0.5) is 0 Å². The van der Waals surface area contributed by atoms with Crippen LogP contribution in [0.2, 0.25) is 0 Å². The van der Waals surface area contributed by atoms with Crippen molar-refractivity contribution in [1.82, 2.24) is 9.90 Å². The summed E-state index contributed by atoms with van der Waals surface area (Å²) in [5.41, 5.74) is 0. The molecule has 0 unspecified atom stereocenters. The summed E-state index contributed by atoms with van der Waals surface area (Å²) >= 11 is 5.10. The van der Waals surface area contributed by atoms with E-state index < -0.39 is 0 Å². The third-order valence-electron chi connectivity index (χ3n) is 2.33. The van der Waals surface area contributed by atoms with Crippen molar-refractivity contribution in [2.75, 3.05) is 13.2 Å². The molecule has 1 aliphatic rings. The highest BCUT2D eigenvalue weighted by molar-refractivity contribution is 6.13. The normalized spacial score (nSPS) is 15.2. The Bertz CT molecular complexity index is 263. The van der Waals surface area contributed by atoms with Crippen molar-refractivity contribution in [1.29, 1.82) is 0 Å². The van der Waals surface area contributed by atoms with Crippen molar-refractivity contribution in [2.45, 2.75) is 25.7 Å². The molecular formula is C10H15ClN2O3. The van der Waals surface area contributed by atoms with Crippen molar-refractivity contribution in [3.8, 4) is 0 Å². The van der Waals surface area contributed by atoms with Gasteiger partial charge in [-0.05, 0) is 12.8 Å². The quantitative estimate of drug-likeness (QED) is 0.302. The van der Waals surface area contributed by atoms with Gasteiger partial charge in [0.1, 0.15) is 0 Å². The van der Waals surface area contributed by atoms with Crippen LogP contribution >= 0.6 is 11.8 Å². The first-order valence-electron chi connectivity index (χ1n) is 5.26. The highest BCUT2D eigenvalue weighted by Crippen LogP contribution is 2.07. The predicted octanol–water partition coefficient (Wildman–Crippen LogP) is 1.15. The van der Waals surface area contributed by atoms with Gasteiger partial charge in [0.05, 0.1) is 6.61 Å². The van der Waals surface area contributed by atoms with Gasteiger partial charge in [-0.15, -0.1) is 5.00 Å². The van der Waals surface area contributed by atoms with Gasteiger partial charge in [-0.2, -0.15) is 0 Å². The first kappa shape index (κ1) is 13.2. The first-order valence-corrected chi connectivity index (χ1v) is 5.64. The lowest BCUT2D eigenvalue weighted by Crippen LogP contribution is -2.30. The molecule has 0 spiro atoms. The van der Waals surface area contributed by atoms with E-state index in [-0.39, 0.29) is 11.8 Å². The lowest BCUT2D eigenvalue weighted by molar-refractivity contribution is -0.136. The Hall–Kier alpha value is -0.910. The fourth-order valence-electron chi connectivity index (χ4n) is 1.49. The second-order valence-corrected chi connectivity index (χ2v) is 3.66. The van der Waals surface area contributed by atoms with E-state index in [0.29, 0.717) is 13.2 Å². The van der Waals surface area contributed by atoms with Crippen LogP contribution in [0.25, 0.3) is 0 Å². The number of hydrogen-bond donors (Lipinski definition) is 1. The van der Waals surface area contributed by atoms with Gasteiger partial charge < -0.3 is 0 Å². The summed E-state index contributed by atoms with van der Waals surface area (Å²) in [6.45, 7) is 1.06. The molecule has 0 saturated heterocycles. The molecule has 0 saturated carbocycles. The Morgan fingerprint density at radius 1 is 1.12 bits per heavy atom. The molecule has 0 atom stereocenters. The zero-order valence-corrected chi connectivity index (χ0v) is 9.70. The predicted molar refractivity (Wildman–Crippen MR) is 59.3 cm³/mol. The van der Waals surface area contributed by atoms with Crippen LogP contribution in [-0.4, -0.2) is 29.9 Å². The molecule has 0 aromatic carbocycles. The molecule has 1 N–H and O–H groups in total. The largest absolute Gasteiger partial charge is 0.286 e. The first-order chi connectivity index (χ1) is 7.75. The zero-order valence-electron chi connectivity index (χ0n) is 8.95. The Kier molecular flexibility index (Phi) is 6.07. The average molecular weight is 247 g/mol. The van der Waals surface area contributed by atoms with Crippen LogP contribution in [0.3, 0.4) is 0 Å². The van der Waals surface area contributed by atoms with E-state index in [2.05, 4.69) is 5.00 Å². The number of nitrogens with zero attached hydrogens (tertiary/aromatic N) is 1. The number of hydrogen-bond acceptors (Lipinski definition) is 4. The van der Waals surface area contributed by atoms with E-state index in [0.717, 1.165) is 25.7 Å². The van der Waals surface area contributed by atoms with Crippen molar-refractivity contribution < 1.29 is 14.4 Å². The molecule has 0 aromatic rings. The van der Waals surface area contributed by atoms with Crippen molar-refractivity contribution in [2.24, 2.45) is 0 Å². The van der Waals surface area contributed by atoms with Crippen LogP contribution in [0.5, 0.6) is 0 Å². The van der Waals surface area contributed by atoms with Gasteiger partial charge in [-0.1, -0.05) is 12.8 Å². The lowest BCUT2D eigenvalue weighted by atomic mass is 10.2. The fourth-order valence-corrected chi connectivity index (χ4v) is 1.56. The smallest absolute Gasteiger partial charge is 0.253 e. The molecule has 0 aliphatic carbocycles. The minimum absolute atomic E-state index is 0.209. The van der Waals surface area contributed by atoms with Crippen molar-refractivity contribution >= 4 is 23.6 Å². The standard InChI is InChI=1S/C10H15ClN2O3/c11-12-16-8-4-2-1-3-7-13-9(14)5-6-10(13)15/h5-6,12H,1-4,7-8H2. The van der Waals surface area contributed by atoms with E-state index in [1.54, 1.807) is 0 Å². The lowest BCUT2D eigenvalue weighted by Gasteiger charge is -2.12. The van der Waals surface area contributed by atoms with Gasteiger partial charge in [0, 0.05) is 30.5 Å². The van der Waals surface area contributed by atoms with Gasteiger partial charge >= 0.3 is 0 Å². The Labute approximate surface area is 99.4 Å². The number of imide groups is 1. The van der Waals surface area contributed by atoms with Crippen molar-refractivity contribution in [3.05, 3.63) is 12.2 Å². The minimum atomic E-state index is -0.209. The molecular weight excluding hydrogens is 232 g/mol. The number of unbranched alkanes of at least 4 members (excludes halogenated alkanes) is 3. The summed E-state index contributed by atoms with van der Waals surface area (Å²) in [4.78, 5) is 30.4. The maximum Gasteiger partial charge on any atom is 0.253 e. The van der Waals surface area contributed by atoms with Gasteiger partial charge in [-0.3, -0.25) is 19.3 Å². The topological polar surface area (TPSA) is 58.6 Å². The van der Waals surface area contributed by atoms with Crippen LogP contribution < -0.4 is 5.00 Å². The molecule has 0 radical (unpaired) electrons. The highest BCUT2D eigenvalue weighted by atomic mass is 35.5. The molecule has 16 heavy (non-hydrogen) atoms. The van der Waals surface area contributed by atoms with Gasteiger partial charge in [0.15, 0.2) is 0 Å². The second-order valence-electron chi connectivity index (χ2n) is 3.50. The number of amides is 2. The third kappa shape index (κ3) is 4.30. The minimum Gasteiger partial charge on any atom is -0.286 e. The summed E-state index contributed by atoms with van der Waals surface area (Å²) in [6.07, 6.45) is 6.29. The molecule has 0 aromatic heterocycles. The van der Waals surface area contributed by atoms with Crippen LogP contribution in [0.1, 0.15) is 25.7 Å². The number of rotatable bonds is 8. The summed E-state index contributed by atoms with van der Waals surface area (Å²) in [5, 5.41) is 0. The molecule has 1 heterocycles. The van der Waals surface area contributed by atoms with Crippen LogP contribution in [0.15, 0.2) is 12.2 Å². The van der Waals surface area contributed by atoms with E-state index in [4.69, 9.17) is 16.6 Å². The SMILES string of the molecule is O=C1C=CC(=O)N1CCCCCCONCl. The average Bonchev–Trinajstić information content (AvgIpc) is 2.59. The number of halogens is 1. The monoisotopic (exact) mass is 246 g/mol. The molecule has 2 amide bonds. The maximum absolute atomic E-state index is 11.2. The molecule has 6 heteroatoms. The summed E-state index contributed by atoms with van der Waals surface area (Å²) in [5.74, 6) is -0.417. The van der Waals surface area contributed by atoms with Gasteiger partial charge in [-0.25, -0.2) is 0 Å². The van der Waals surface area contributed by atoms with E-state index in [9.17, 15) is 9.59 Å². The molecule has 5 nitrogen and oxygen atoms in total. The van der Waals surface area contributed by atoms with Gasteiger partial charge in [0.2, 0.25) is 0 Å². The van der Waals surface area contributed by atoms with E-state index in [1.807, 2.05) is 0 Å². The summed E-state index contributed by atoms with van der Waals surface area (Å²) < 4.78 is 0. The van der Waals surface area contributed by atoms with E-state index >= 15 is 0 Å². The molecule has 1 aliphatic heterocycles. The number of nitrogens with one attached hydrogen (secondary N) is 1. The molecule has 0 fully saturated rings. The van der Waals surface area contributed by atoms with E-state index in [1.165, 1.54) is 17.1 Å². The Morgan fingerprint density at radius 2 is 1.75 bits per heavy atom. The Morgan fingerprint density at radius 3 is 2.38 bits per heavy atom. The number of carbonyl (C=O) groups excluding carboxylic acids is 2. The van der Waals surface area contributed by atoms with Gasteiger partial charge in [0.25, 0.3) is 11.8 Å². The second kappa shape index (κ2) is 7.38. The van der Waals surface area contributed by atoms with Crippen LogP contribution in [0, 0.1) is 0 Å². The third-order valence-corrected chi connectivity index (χ3v) is 2.44. The fraction of sp³-hybridized carbons (Fsp3) is 0.600. The summed E-state index contributed by atoms with van der Waals surface area (Å²) in [7, 11) is 0. The zero-order chi connectivity index (χ0) is 11.8. The van der Waals surface area contributed by atoms with Crippen LogP contribution in [-0.2, 0) is 14.4 Å². The molecule has 0 bridgehead atoms. The summed E-state index contributed by atoms with van der Waals surface area (Å²) in [6, 6.07) is 0. The number of carbonyl (C=O) groups is 2. The van der Waals surface area contributed by atoms with Crippen molar-refractivity contribution in [3.63, 3.8) is 0 Å². The highest BCUT2D eigenvalue weighted by Gasteiger charge is 2.21.